The Hall–Kier alpha value is -3.84. The Labute approximate surface area is 161 Å². The molecular weight excluding hydrogens is 364 g/mol. The first-order chi connectivity index (χ1) is 13.7. The zero-order chi connectivity index (χ0) is 20.1. The van der Waals surface area contributed by atoms with E-state index in [-0.39, 0.29) is 0 Å². The summed E-state index contributed by atoms with van der Waals surface area (Å²) in [5.41, 5.74) is 2.40. The first-order valence-electron chi connectivity index (χ1n) is 8.14. The monoisotopic (exact) mass is 382 g/mol. The van der Waals surface area contributed by atoms with Crippen molar-refractivity contribution < 1.29 is 23.7 Å². The van der Waals surface area contributed by atoms with Crippen molar-refractivity contribution in [2.24, 2.45) is 4.99 Å². The van der Waals surface area contributed by atoms with Crippen molar-refractivity contribution in [2.75, 3.05) is 28.4 Å². The van der Waals surface area contributed by atoms with Gasteiger partial charge in [-0.15, -0.1) is 5.10 Å². The molecule has 9 heteroatoms. The number of aromatic nitrogens is 3. The largest absolute Gasteiger partial charge is 0.494 e. The Balaban J connectivity index is 2.15. The highest BCUT2D eigenvalue weighted by molar-refractivity contribution is 5.71. The maximum absolute atomic E-state index is 10.7. The molecule has 0 N–H and O–H groups in total. The quantitative estimate of drug-likeness (QED) is 0.458. The van der Waals surface area contributed by atoms with Crippen LogP contribution >= 0.6 is 0 Å². The van der Waals surface area contributed by atoms with E-state index in [1.807, 2.05) is 6.07 Å². The van der Waals surface area contributed by atoms with Crippen LogP contribution in [0.15, 0.2) is 41.5 Å². The summed E-state index contributed by atoms with van der Waals surface area (Å²) in [6, 6.07) is 8.73. The maximum atomic E-state index is 10.7. The van der Waals surface area contributed by atoms with Crippen LogP contribution in [-0.4, -0.2) is 49.5 Å². The average molecular weight is 382 g/mol. The molecule has 0 aliphatic rings. The van der Waals surface area contributed by atoms with Gasteiger partial charge in [0.2, 0.25) is 11.8 Å². The van der Waals surface area contributed by atoms with Gasteiger partial charge in [0.25, 0.3) is 0 Å². The number of benzene rings is 2. The molecule has 2 aromatic carbocycles. The summed E-state index contributed by atoms with van der Waals surface area (Å²) in [5, 5.41) is 8.17. The third kappa shape index (κ3) is 3.38. The number of rotatable bonds is 7. The van der Waals surface area contributed by atoms with Crippen LogP contribution in [0.3, 0.4) is 0 Å². The summed E-state index contributed by atoms with van der Waals surface area (Å²) in [5.74, 6) is 1.90. The van der Waals surface area contributed by atoms with Crippen molar-refractivity contribution in [2.45, 2.75) is 0 Å². The topological polar surface area (TPSA) is 97.1 Å². The number of nitrogens with zero attached hydrogens (tertiary/aromatic N) is 4. The molecule has 0 saturated carbocycles. The molecule has 0 amide bonds. The van der Waals surface area contributed by atoms with Gasteiger partial charge in [-0.2, -0.15) is 4.99 Å². The molecule has 0 aliphatic carbocycles. The first kappa shape index (κ1) is 18.9. The average Bonchev–Trinajstić information content (AvgIpc) is 3.22. The Morgan fingerprint density at radius 1 is 0.929 bits per heavy atom. The number of ether oxygens (including phenoxy) is 4. The number of aliphatic imine (C=N–C) groups is 1. The lowest BCUT2D eigenvalue weighted by Gasteiger charge is -2.15. The zero-order valence-corrected chi connectivity index (χ0v) is 15.8. The van der Waals surface area contributed by atoms with Gasteiger partial charge in [-0.1, -0.05) is 5.21 Å². The standard InChI is InChI=1S/C19H18N4O5/c1-25-16-6-5-12(7-14(16)20-11-24)15-10-21-22-23(15)13-8-17(26-2)19(28-4)18(9-13)27-3/h5-10H,1-4H3. The van der Waals surface area contributed by atoms with Gasteiger partial charge >= 0.3 is 0 Å². The molecule has 0 unspecified atom stereocenters. The minimum atomic E-state index is 0.354. The van der Waals surface area contributed by atoms with Gasteiger partial charge in [0.1, 0.15) is 11.4 Å². The molecule has 1 heterocycles. The summed E-state index contributed by atoms with van der Waals surface area (Å²) in [6.45, 7) is 0. The number of carbonyl (C=O) groups excluding carboxylic acids is 1. The lowest BCUT2D eigenvalue weighted by molar-refractivity contribution is 0.324. The van der Waals surface area contributed by atoms with Crippen molar-refractivity contribution >= 4 is 11.8 Å². The van der Waals surface area contributed by atoms with Gasteiger partial charge in [-0.05, 0) is 18.2 Å². The molecule has 3 rings (SSSR count). The van der Waals surface area contributed by atoms with Crippen LogP contribution in [0.2, 0.25) is 0 Å². The van der Waals surface area contributed by atoms with Crippen LogP contribution in [0.4, 0.5) is 5.69 Å². The van der Waals surface area contributed by atoms with Crippen molar-refractivity contribution in [1.29, 1.82) is 0 Å². The Morgan fingerprint density at radius 2 is 1.61 bits per heavy atom. The van der Waals surface area contributed by atoms with Crippen molar-refractivity contribution in [1.82, 2.24) is 15.0 Å². The van der Waals surface area contributed by atoms with Crippen molar-refractivity contribution in [3.63, 3.8) is 0 Å². The van der Waals surface area contributed by atoms with E-state index in [0.29, 0.717) is 40.1 Å². The second-order valence-electron chi connectivity index (χ2n) is 5.50. The van der Waals surface area contributed by atoms with E-state index in [0.717, 1.165) is 5.56 Å². The molecule has 0 saturated heterocycles. The minimum absolute atomic E-state index is 0.354. The molecule has 144 valence electrons. The van der Waals surface area contributed by atoms with Crippen LogP contribution in [0.5, 0.6) is 23.0 Å². The highest BCUT2D eigenvalue weighted by Crippen LogP contribution is 2.40. The molecule has 0 spiro atoms. The van der Waals surface area contributed by atoms with Crippen LogP contribution in [0.1, 0.15) is 0 Å². The number of hydrogen-bond acceptors (Lipinski definition) is 8. The molecular formula is C19H18N4O5. The molecule has 9 nitrogen and oxygen atoms in total. The Kier molecular flexibility index (Phi) is 5.57. The number of hydrogen-bond donors (Lipinski definition) is 0. The minimum Gasteiger partial charge on any atom is -0.494 e. The van der Waals surface area contributed by atoms with E-state index in [9.17, 15) is 4.79 Å². The second kappa shape index (κ2) is 8.24. The van der Waals surface area contributed by atoms with Gasteiger partial charge in [0.05, 0.1) is 46.0 Å². The van der Waals surface area contributed by atoms with Crippen LogP contribution in [0.25, 0.3) is 16.9 Å². The third-order valence-electron chi connectivity index (χ3n) is 4.08. The molecule has 28 heavy (non-hydrogen) atoms. The molecule has 3 aromatic rings. The summed E-state index contributed by atoms with van der Waals surface area (Å²) in [6.07, 6.45) is 3.13. The predicted octanol–water partition coefficient (Wildman–Crippen LogP) is 2.94. The number of methoxy groups -OCH3 is 4. The summed E-state index contributed by atoms with van der Waals surface area (Å²) >= 11 is 0. The normalized spacial score (nSPS) is 10.1. The maximum Gasteiger partial charge on any atom is 0.240 e. The van der Waals surface area contributed by atoms with Gasteiger partial charge in [0, 0.05) is 17.7 Å². The van der Waals surface area contributed by atoms with Gasteiger partial charge in [-0.3, -0.25) is 0 Å². The second-order valence-corrected chi connectivity index (χ2v) is 5.50. The first-order valence-corrected chi connectivity index (χ1v) is 8.14. The van der Waals surface area contributed by atoms with Crippen LogP contribution in [0, 0.1) is 0 Å². The van der Waals surface area contributed by atoms with E-state index >= 15 is 0 Å². The SMILES string of the molecule is COc1ccc(-c2cnnn2-c2cc(OC)c(OC)c(OC)c2)cc1N=C=O. The van der Waals surface area contributed by atoms with Gasteiger partial charge < -0.3 is 18.9 Å². The van der Waals surface area contributed by atoms with E-state index in [4.69, 9.17) is 18.9 Å². The lowest BCUT2D eigenvalue weighted by Crippen LogP contribution is -2.02. The smallest absolute Gasteiger partial charge is 0.240 e. The molecule has 0 aliphatic heterocycles. The fraction of sp³-hybridized carbons (Fsp3) is 0.211. The Bertz CT molecular complexity index is 1020. The summed E-state index contributed by atoms with van der Waals surface area (Å²) in [7, 11) is 6.11. The van der Waals surface area contributed by atoms with E-state index in [1.165, 1.54) is 34.5 Å². The third-order valence-corrected chi connectivity index (χ3v) is 4.08. The summed E-state index contributed by atoms with van der Waals surface area (Å²) in [4.78, 5) is 14.4. The highest BCUT2D eigenvalue weighted by atomic mass is 16.5. The lowest BCUT2D eigenvalue weighted by atomic mass is 10.1. The van der Waals surface area contributed by atoms with Crippen LogP contribution in [-0.2, 0) is 4.79 Å². The zero-order valence-electron chi connectivity index (χ0n) is 15.8. The molecule has 0 bridgehead atoms. The molecule has 0 fully saturated rings. The van der Waals surface area contributed by atoms with Gasteiger partial charge in [0.15, 0.2) is 11.5 Å². The van der Waals surface area contributed by atoms with E-state index in [2.05, 4.69) is 15.3 Å². The van der Waals surface area contributed by atoms with Gasteiger partial charge in [-0.25, -0.2) is 9.48 Å². The van der Waals surface area contributed by atoms with Crippen LogP contribution < -0.4 is 18.9 Å². The molecule has 0 radical (unpaired) electrons. The van der Waals surface area contributed by atoms with Crippen molar-refractivity contribution in [3.8, 4) is 39.9 Å². The summed E-state index contributed by atoms with van der Waals surface area (Å²) < 4.78 is 23.0. The Morgan fingerprint density at radius 3 is 2.18 bits per heavy atom. The fourth-order valence-corrected chi connectivity index (χ4v) is 2.80. The predicted molar refractivity (Wildman–Crippen MR) is 101 cm³/mol. The molecule has 0 atom stereocenters. The number of isocyanates is 1. The fourth-order valence-electron chi connectivity index (χ4n) is 2.80. The molecule has 1 aromatic heterocycles. The highest BCUT2D eigenvalue weighted by Gasteiger charge is 2.17. The van der Waals surface area contributed by atoms with E-state index in [1.54, 1.807) is 35.1 Å². The van der Waals surface area contributed by atoms with E-state index < -0.39 is 0 Å². The van der Waals surface area contributed by atoms with Crippen molar-refractivity contribution in [3.05, 3.63) is 36.5 Å².